The van der Waals surface area contributed by atoms with E-state index >= 15 is 0 Å². The Morgan fingerprint density at radius 3 is 2.07 bits per heavy atom. The van der Waals surface area contributed by atoms with Gasteiger partial charge in [0.25, 0.3) is 0 Å². The Kier molecular flexibility index (Phi) is 7.16. The molecule has 0 aliphatic carbocycles. The van der Waals surface area contributed by atoms with Gasteiger partial charge in [-0.05, 0) is 26.3 Å². The van der Waals surface area contributed by atoms with E-state index in [1.807, 2.05) is 0 Å². The summed E-state index contributed by atoms with van der Waals surface area (Å²) in [5, 5.41) is -1.46. The van der Waals surface area contributed by atoms with E-state index in [2.05, 4.69) is 0 Å². The predicted molar refractivity (Wildman–Crippen MR) is 101 cm³/mol. The van der Waals surface area contributed by atoms with Crippen LogP contribution in [0.4, 0.5) is 17.6 Å². The Labute approximate surface area is 176 Å². The zero-order valence-corrected chi connectivity index (χ0v) is 17.8. The molecular formula is C19H18ClF4NO4S. The smallest absolute Gasteiger partial charge is 0.321 e. The van der Waals surface area contributed by atoms with Crippen molar-refractivity contribution in [1.29, 1.82) is 0 Å². The van der Waals surface area contributed by atoms with Crippen molar-refractivity contribution in [3.8, 4) is 0 Å². The van der Waals surface area contributed by atoms with Gasteiger partial charge in [-0.1, -0.05) is 41.9 Å². The van der Waals surface area contributed by atoms with Crippen LogP contribution in [0.25, 0.3) is 0 Å². The summed E-state index contributed by atoms with van der Waals surface area (Å²) in [7, 11) is -5.09. The molecule has 164 valence electrons. The molecule has 0 radical (unpaired) electrons. The molecule has 2 rings (SSSR count). The Hall–Kier alpha value is -2.17. The first-order valence-electron chi connectivity index (χ1n) is 8.53. The van der Waals surface area contributed by atoms with Gasteiger partial charge in [-0.2, -0.15) is 4.31 Å². The number of esters is 1. The minimum Gasteiger partial charge on any atom is -0.459 e. The molecule has 30 heavy (non-hydrogen) atoms. The molecule has 0 aliphatic rings. The molecule has 0 aromatic heterocycles. The van der Waals surface area contributed by atoms with Crippen molar-refractivity contribution in [3.05, 3.63) is 64.2 Å². The van der Waals surface area contributed by atoms with Crippen molar-refractivity contribution < 1.29 is 35.5 Å². The molecule has 5 nitrogen and oxygen atoms in total. The number of carbonyl (C=O) groups is 1. The fourth-order valence-corrected chi connectivity index (χ4v) is 4.41. The van der Waals surface area contributed by atoms with Gasteiger partial charge in [-0.15, -0.1) is 0 Å². The topological polar surface area (TPSA) is 63.7 Å². The van der Waals surface area contributed by atoms with Gasteiger partial charge >= 0.3 is 5.97 Å². The molecular weight excluding hydrogens is 450 g/mol. The van der Waals surface area contributed by atoms with Gasteiger partial charge < -0.3 is 4.74 Å². The molecule has 0 atom stereocenters. The van der Waals surface area contributed by atoms with Gasteiger partial charge in [-0.25, -0.2) is 26.0 Å². The lowest BCUT2D eigenvalue weighted by molar-refractivity contribution is -0.155. The first-order chi connectivity index (χ1) is 13.8. The van der Waals surface area contributed by atoms with Crippen molar-refractivity contribution in [2.75, 3.05) is 6.54 Å². The van der Waals surface area contributed by atoms with Gasteiger partial charge in [-0.3, -0.25) is 4.79 Å². The number of rotatable bonds is 6. The fraction of sp³-hybridized carbons (Fsp3) is 0.316. The van der Waals surface area contributed by atoms with Crippen LogP contribution in [-0.2, 0) is 26.1 Å². The third kappa shape index (κ3) is 5.30. The summed E-state index contributed by atoms with van der Waals surface area (Å²) in [6.45, 7) is 3.25. The quantitative estimate of drug-likeness (QED) is 0.273. The molecule has 0 fully saturated rings. The maximum Gasteiger partial charge on any atom is 0.321 e. The molecule has 0 saturated carbocycles. The second kappa shape index (κ2) is 8.91. The number of sulfonamides is 1. The van der Waals surface area contributed by atoms with Crippen LogP contribution in [0, 0.1) is 23.3 Å². The van der Waals surface area contributed by atoms with Gasteiger partial charge in [0.15, 0.2) is 23.3 Å². The van der Waals surface area contributed by atoms with E-state index in [9.17, 15) is 30.8 Å². The van der Waals surface area contributed by atoms with E-state index in [0.29, 0.717) is 9.87 Å². The Morgan fingerprint density at radius 2 is 1.53 bits per heavy atom. The average molecular weight is 468 g/mol. The number of benzene rings is 2. The minimum absolute atomic E-state index is 0.379. The lowest BCUT2D eigenvalue weighted by Crippen LogP contribution is -2.39. The van der Waals surface area contributed by atoms with Crippen LogP contribution in [0.1, 0.15) is 26.3 Å². The van der Waals surface area contributed by atoms with Crippen molar-refractivity contribution in [3.63, 3.8) is 0 Å². The summed E-state index contributed by atoms with van der Waals surface area (Å²) < 4.78 is 86.9. The number of hydrogen-bond acceptors (Lipinski definition) is 4. The van der Waals surface area contributed by atoms with Crippen LogP contribution in [-0.4, -0.2) is 30.8 Å². The van der Waals surface area contributed by atoms with Crippen LogP contribution in [0.5, 0.6) is 0 Å². The van der Waals surface area contributed by atoms with Crippen LogP contribution in [0.2, 0.25) is 5.02 Å². The standard InChI is InChI=1S/C19H18ClF4NO4S/c1-19(2,3)29-12(26)10-25(9-11-7-5-4-6-8-11)30(27,28)18-13(20)14(21)15(22)16(23)17(18)24/h4-8H,9-10H2,1-3H3. The third-order valence-corrected chi connectivity index (χ3v) is 6.00. The second-order valence-corrected chi connectivity index (χ2v) is 9.50. The van der Waals surface area contributed by atoms with Crippen molar-refractivity contribution in [1.82, 2.24) is 4.31 Å². The van der Waals surface area contributed by atoms with E-state index in [1.54, 1.807) is 39.0 Å². The molecule has 0 saturated heterocycles. The second-order valence-electron chi connectivity index (χ2n) is 7.24. The van der Waals surface area contributed by atoms with E-state index in [1.165, 1.54) is 12.1 Å². The zero-order valence-electron chi connectivity index (χ0n) is 16.2. The summed E-state index contributed by atoms with van der Waals surface area (Å²) in [4.78, 5) is 10.6. The summed E-state index contributed by atoms with van der Waals surface area (Å²) in [5.41, 5.74) is -0.583. The molecule has 0 heterocycles. The van der Waals surface area contributed by atoms with Gasteiger partial charge in [0.2, 0.25) is 10.0 Å². The number of nitrogens with zero attached hydrogens (tertiary/aromatic N) is 1. The molecule has 0 N–H and O–H groups in total. The van der Waals surface area contributed by atoms with E-state index in [-0.39, 0.29) is 0 Å². The van der Waals surface area contributed by atoms with Crippen molar-refractivity contribution >= 4 is 27.6 Å². The van der Waals surface area contributed by atoms with Crippen molar-refractivity contribution in [2.24, 2.45) is 0 Å². The highest BCUT2D eigenvalue weighted by molar-refractivity contribution is 7.89. The number of hydrogen-bond donors (Lipinski definition) is 0. The zero-order chi connectivity index (χ0) is 22.9. The molecule has 0 spiro atoms. The van der Waals surface area contributed by atoms with E-state index < -0.39 is 67.9 Å². The maximum absolute atomic E-state index is 14.3. The Bertz CT molecular complexity index is 1030. The number of carbonyl (C=O) groups excluding carboxylic acids is 1. The SMILES string of the molecule is CC(C)(C)OC(=O)CN(Cc1ccccc1)S(=O)(=O)c1c(F)c(F)c(F)c(F)c1Cl. The third-order valence-electron chi connectivity index (χ3n) is 3.69. The van der Waals surface area contributed by atoms with Crippen molar-refractivity contribution in [2.45, 2.75) is 37.8 Å². The van der Waals surface area contributed by atoms with Crippen LogP contribution < -0.4 is 0 Å². The average Bonchev–Trinajstić information content (AvgIpc) is 2.63. The molecule has 11 heteroatoms. The molecule has 0 bridgehead atoms. The summed E-state index contributed by atoms with van der Waals surface area (Å²) in [6, 6.07) is 7.84. The maximum atomic E-state index is 14.3. The normalized spacial score (nSPS) is 12.3. The molecule has 0 unspecified atom stereocenters. The highest BCUT2D eigenvalue weighted by Gasteiger charge is 2.37. The van der Waals surface area contributed by atoms with E-state index in [0.717, 1.165) is 0 Å². The highest BCUT2D eigenvalue weighted by Crippen LogP contribution is 2.34. The lowest BCUT2D eigenvalue weighted by atomic mass is 10.2. The van der Waals surface area contributed by atoms with Crippen LogP contribution in [0.15, 0.2) is 35.2 Å². The Balaban J connectivity index is 2.58. The summed E-state index contributed by atoms with van der Waals surface area (Å²) in [6.07, 6.45) is 0. The minimum atomic E-state index is -5.09. The van der Waals surface area contributed by atoms with E-state index in [4.69, 9.17) is 16.3 Å². The van der Waals surface area contributed by atoms with Crippen LogP contribution >= 0.6 is 11.6 Å². The molecule has 2 aromatic rings. The van der Waals surface area contributed by atoms with Gasteiger partial charge in [0.05, 0.1) is 0 Å². The summed E-state index contributed by atoms with van der Waals surface area (Å²) >= 11 is 5.51. The molecule has 2 aromatic carbocycles. The van der Waals surface area contributed by atoms with Crippen LogP contribution in [0.3, 0.4) is 0 Å². The first kappa shape index (κ1) is 24.1. The van der Waals surface area contributed by atoms with Gasteiger partial charge in [0.1, 0.15) is 22.1 Å². The largest absolute Gasteiger partial charge is 0.459 e. The monoisotopic (exact) mass is 467 g/mol. The highest BCUT2D eigenvalue weighted by atomic mass is 35.5. The number of ether oxygens (including phenoxy) is 1. The first-order valence-corrected chi connectivity index (χ1v) is 10.3. The Morgan fingerprint density at radius 1 is 1.00 bits per heavy atom. The molecule has 0 amide bonds. The lowest BCUT2D eigenvalue weighted by Gasteiger charge is -2.25. The predicted octanol–water partition coefficient (Wildman–Crippen LogP) is 4.43. The number of halogens is 5. The van der Waals surface area contributed by atoms with Gasteiger partial charge in [0, 0.05) is 6.54 Å². The fourth-order valence-electron chi connectivity index (χ4n) is 2.47. The summed E-state index contributed by atoms with van der Waals surface area (Å²) in [5.74, 6) is -9.85. The molecule has 0 aliphatic heterocycles.